The molecule has 0 aliphatic carbocycles. The van der Waals surface area contributed by atoms with Gasteiger partial charge in [0.25, 0.3) is 0 Å². The lowest BCUT2D eigenvalue weighted by molar-refractivity contribution is -0.147. The van der Waals surface area contributed by atoms with Crippen molar-refractivity contribution in [1.29, 1.82) is 0 Å². The van der Waals surface area contributed by atoms with Crippen LogP contribution < -0.4 is 0 Å². The van der Waals surface area contributed by atoms with E-state index in [0.29, 0.717) is 6.61 Å². The molecule has 0 N–H and O–H groups in total. The van der Waals surface area contributed by atoms with Crippen LogP contribution in [-0.4, -0.2) is 29.2 Å². The molecule has 0 fully saturated rings. The highest BCUT2D eigenvalue weighted by atomic mass is 28.4. The molecule has 0 aromatic heterocycles. The summed E-state index contributed by atoms with van der Waals surface area (Å²) in [5.74, 6) is -0.0996. The molecule has 0 amide bonds. The standard InChI is InChI=1S/C12H28O3Si2/c1-9-12(2,10-14-16(3,4)5)11(13)15-17(6,7)8/h9-10H2,1-8H3. The van der Waals surface area contributed by atoms with Crippen LogP contribution in [0.5, 0.6) is 0 Å². The minimum absolute atomic E-state index is 0.0996. The third-order valence-corrected chi connectivity index (χ3v) is 4.30. The second-order valence-electron chi connectivity index (χ2n) is 6.82. The van der Waals surface area contributed by atoms with Gasteiger partial charge in [0.2, 0.25) is 8.32 Å². The van der Waals surface area contributed by atoms with Gasteiger partial charge in [-0.15, -0.1) is 0 Å². The van der Waals surface area contributed by atoms with Crippen LogP contribution in [-0.2, 0) is 13.6 Å². The summed E-state index contributed by atoms with van der Waals surface area (Å²) in [7, 11) is -3.40. The van der Waals surface area contributed by atoms with E-state index < -0.39 is 22.0 Å². The van der Waals surface area contributed by atoms with Crippen LogP contribution in [0.2, 0.25) is 39.3 Å². The minimum Gasteiger partial charge on any atom is -0.519 e. The zero-order valence-electron chi connectivity index (χ0n) is 12.6. The van der Waals surface area contributed by atoms with E-state index in [9.17, 15) is 4.79 Å². The van der Waals surface area contributed by atoms with Crippen LogP contribution in [0.3, 0.4) is 0 Å². The van der Waals surface area contributed by atoms with Gasteiger partial charge in [-0.3, -0.25) is 4.79 Å². The van der Waals surface area contributed by atoms with Gasteiger partial charge in [-0.25, -0.2) is 0 Å². The lowest BCUT2D eigenvalue weighted by Crippen LogP contribution is -2.43. The fourth-order valence-corrected chi connectivity index (χ4v) is 2.64. The first-order valence-corrected chi connectivity index (χ1v) is 13.1. The maximum Gasteiger partial charge on any atom is 0.300 e. The maximum atomic E-state index is 12.2. The molecule has 0 aromatic rings. The normalized spacial score (nSPS) is 16.5. The fraction of sp³-hybridized carbons (Fsp3) is 0.917. The van der Waals surface area contributed by atoms with Crippen LogP contribution >= 0.6 is 0 Å². The van der Waals surface area contributed by atoms with Crippen LogP contribution in [0.4, 0.5) is 0 Å². The van der Waals surface area contributed by atoms with Gasteiger partial charge >= 0.3 is 5.97 Å². The summed E-state index contributed by atoms with van der Waals surface area (Å²) in [4.78, 5) is 12.2. The van der Waals surface area contributed by atoms with Gasteiger partial charge in [0.15, 0.2) is 8.32 Å². The van der Waals surface area contributed by atoms with E-state index >= 15 is 0 Å². The van der Waals surface area contributed by atoms with Gasteiger partial charge in [-0.1, -0.05) is 6.92 Å². The second-order valence-corrected chi connectivity index (χ2v) is 15.8. The van der Waals surface area contributed by atoms with E-state index in [1.54, 1.807) is 0 Å². The third kappa shape index (κ3) is 7.00. The monoisotopic (exact) mass is 276 g/mol. The summed E-state index contributed by atoms with van der Waals surface area (Å²) in [5, 5.41) is 0. The molecule has 0 radical (unpaired) electrons. The SMILES string of the molecule is CCC(C)(CO[Si](C)(C)C)C(=O)O[Si](C)(C)C. The maximum absolute atomic E-state index is 12.2. The number of hydrogen-bond donors (Lipinski definition) is 0. The first-order valence-electron chi connectivity index (χ1n) is 6.27. The summed E-state index contributed by atoms with van der Waals surface area (Å²) < 4.78 is 11.5. The van der Waals surface area contributed by atoms with E-state index in [1.807, 2.05) is 33.5 Å². The van der Waals surface area contributed by atoms with Crippen molar-refractivity contribution in [3.63, 3.8) is 0 Å². The van der Waals surface area contributed by atoms with Gasteiger partial charge in [-0.05, 0) is 52.6 Å². The van der Waals surface area contributed by atoms with Crippen molar-refractivity contribution < 1.29 is 13.6 Å². The molecule has 0 saturated carbocycles. The summed E-state index contributed by atoms with van der Waals surface area (Å²) in [6.45, 7) is 16.9. The smallest absolute Gasteiger partial charge is 0.300 e. The minimum atomic E-state index is -1.82. The number of hydrogen-bond acceptors (Lipinski definition) is 3. The highest BCUT2D eigenvalue weighted by Gasteiger charge is 2.37. The van der Waals surface area contributed by atoms with Crippen molar-refractivity contribution in [2.24, 2.45) is 5.41 Å². The van der Waals surface area contributed by atoms with Crippen molar-refractivity contribution in [2.75, 3.05) is 6.61 Å². The molecule has 0 bridgehead atoms. The van der Waals surface area contributed by atoms with E-state index in [4.69, 9.17) is 8.85 Å². The summed E-state index contributed by atoms with van der Waals surface area (Å²) in [5.41, 5.74) is -0.499. The molecule has 1 atom stereocenters. The molecule has 102 valence electrons. The predicted molar refractivity (Wildman–Crippen MR) is 77.1 cm³/mol. The highest BCUT2D eigenvalue weighted by Crippen LogP contribution is 2.26. The van der Waals surface area contributed by atoms with Gasteiger partial charge in [-0.2, -0.15) is 0 Å². The van der Waals surface area contributed by atoms with Crippen LogP contribution in [0.15, 0.2) is 0 Å². The Kier molecular flexibility index (Phi) is 5.62. The zero-order chi connectivity index (χ0) is 13.9. The zero-order valence-corrected chi connectivity index (χ0v) is 14.6. The van der Waals surface area contributed by atoms with E-state index in [0.717, 1.165) is 6.42 Å². The van der Waals surface area contributed by atoms with Gasteiger partial charge < -0.3 is 8.85 Å². The van der Waals surface area contributed by atoms with Crippen molar-refractivity contribution in [3.05, 3.63) is 0 Å². The number of rotatable bonds is 6. The first-order chi connectivity index (χ1) is 7.40. The fourth-order valence-electron chi connectivity index (χ4n) is 1.08. The Morgan fingerprint density at radius 3 is 1.82 bits per heavy atom. The molecular formula is C12H28O3Si2. The lowest BCUT2D eigenvalue weighted by atomic mass is 9.89. The average Bonchev–Trinajstić information content (AvgIpc) is 2.10. The van der Waals surface area contributed by atoms with Crippen molar-refractivity contribution in [1.82, 2.24) is 0 Å². The Labute approximate surface area is 108 Å². The molecule has 1 unspecified atom stereocenters. The van der Waals surface area contributed by atoms with Crippen LogP contribution in [0.1, 0.15) is 20.3 Å². The molecule has 0 aliphatic rings. The summed E-state index contributed by atoms with van der Waals surface area (Å²) in [6, 6.07) is 0. The topological polar surface area (TPSA) is 35.5 Å². The molecule has 0 rings (SSSR count). The van der Waals surface area contributed by atoms with Crippen molar-refractivity contribution >= 4 is 22.6 Å². The molecular weight excluding hydrogens is 248 g/mol. The number of carbonyl (C=O) groups is 1. The van der Waals surface area contributed by atoms with E-state index in [1.165, 1.54) is 0 Å². The Hall–Kier alpha value is -0.136. The second kappa shape index (κ2) is 5.67. The third-order valence-electron chi connectivity index (χ3n) is 2.50. The summed E-state index contributed by atoms with van der Waals surface area (Å²) in [6.07, 6.45) is 0.751. The van der Waals surface area contributed by atoms with Gasteiger partial charge in [0.05, 0.1) is 5.41 Å². The first kappa shape index (κ1) is 16.9. The molecule has 0 spiro atoms. The van der Waals surface area contributed by atoms with Crippen LogP contribution in [0, 0.1) is 5.41 Å². The van der Waals surface area contributed by atoms with Crippen molar-refractivity contribution in [3.8, 4) is 0 Å². The predicted octanol–water partition coefficient (Wildman–Crippen LogP) is 3.63. The Balaban J connectivity index is 4.61. The van der Waals surface area contributed by atoms with Gasteiger partial charge in [0.1, 0.15) is 0 Å². The molecule has 17 heavy (non-hydrogen) atoms. The quantitative estimate of drug-likeness (QED) is 0.695. The Morgan fingerprint density at radius 2 is 1.53 bits per heavy atom. The molecule has 0 aromatic carbocycles. The molecule has 0 saturated heterocycles. The number of carbonyl (C=O) groups excluding carboxylic acids is 1. The van der Waals surface area contributed by atoms with Crippen LogP contribution in [0.25, 0.3) is 0 Å². The molecule has 0 aliphatic heterocycles. The van der Waals surface area contributed by atoms with Gasteiger partial charge in [0, 0.05) is 6.61 Å². The molecule has 3 nitrogen and oxygen atoms in total. The molecule has 5 heteroatoms. The Bertz CT molecular complexity index is 266. The van der Waals surface area contributed by atoms with E-state index in [2.05, 4.69) is 19.6 Å². The largest absolute Gasteiger partial charge is 0.519 e. The highest BCUT2D eigenvalue weighted by molar-refractivity contribution is 6.71. The lowest BCUT2D eigenvalue weighted by Gasteiger charge is -2.32. The van der Waals surface area contributed by atoms with Crippen molar-refractivity contribution in [2.45, 2.75) is 59.6 Å². The summed E-state index contributed by atoms with van der Waals surface area (Å²) >= 11 is 0. The Morgan fingerprint density at radius 1 is 1.06 bits per heavy atom. The average molecular weight is 277 g/mol. The molecule has 0 heterocycles. The van der Waals surface area contributed by atoms with E-state index in [-0.39, 0.29) is 5.97 Å².